The van der Waals surface area contributed by atoms with Crippen molar-refractivity contribution in [2.45, 2.75) is 95.7 Å². The zero-order valence-corrected chi connectivity index (χ0v) is 23.7. The molecule has 0 radical (unpaired) electrons. The van der Waals surface area contributed by atoms with Gasteiger partial charge in [-0.15, -0.1) is 0 Å². The number of hydrogen-bond acceptors (Lipinski definition) is 4. The second-order valence-electron chi connectivity index (χ2n) is 11.1. The summed E-state index contributed by atoms with van der Waals surface area (Å²) in [5.74, 6) is 1.29. The van der Waals surface area contributed by atoms with Gasteiger partial charge in [-0.2, -0.15) is 8.42 Å². The second-order valence-corrected chi connectivity index (χ2v) is 17.5. The Morgan fingerprint density at radius 3 is 2.06 bits per heavy atom. The molecule has 6 heteroatoms. The van der Waals surface area contributed by atoms with Gasteiger partial charge in [-0.05, 0) is 71.6 Å². The highest BCUT2D eigenvalue weighted by Gasteiger charge is 2.40. The predicted octanol–water partition coefficient (Wildman–Crippen LogP) is 7.66. The molecule has 0 amide bonds. The molecule has 0 saturated carbocycles. The maximum absolute atomic E-state index is 12.7. The van der Waals surface area contributed by atoms with E-state index in [9.17, 15) is 8.42 Å². The minimum atomic E-state index is -3.80. The van der Waals surface area contributed by atoms with Gasteiger partial charge in [-0.1, -0.05) is 78.8 Å². The molecule has 2 aromatic carbocycles. The first-order valence-corrected chi connectivity index (χ1v) is 16.2. The van der Waals surface area contributed by atoms with Gasteiger partial charge in [0.25, 0.3) is 10.1 Å². The number of para-hydroxylation sites is 1. The van der Waals surface area contributed by atoms with Crippen LogP contribution in [0.1, 0.15) is 78.4 Å². The van der Waals surface area contributed by atoms with Gasteiger partial charge in [0.15, 0.2) is 0 Å². The molecule has 184 valence electrons. The fourth-order valence-corrected chi connectivity index (χ4v) is 5.29. The maximum atomic E-state index is 12.7. The first-order chi connectivity index (χ1) is 15.1. The van der Waals surface area contributed by atoms with E-state index in [2.05, 4.69) is 67.6 Å². The molecule has 0 aliphatic carbocycles. The topological polar surface area (TPSA) is 52.6 Å². The highest BCUT2D eigenvalue weighted by atomic mass is 32.2. The quantitative estimate of drug-likeness (QED) is 0.253. The maximum Gasteiger partial charge on any atom is 0.296 e. The smallest absolute Gasteiger partial charge is 0.296 e. The Morgan fingerprint density at radius 2 is 1.52 bits per heavy atom. The largest absolute Gasteiger partial charge is 0.543 e. The van der Waals surface area contributed by atoms with E-state index in [0.717, 1.165) is 23.3 Å². The molecule has 0 aromatic heterocycles. The number of hydrogen-bond donors (Lipinski definition) is 0. The second kappa shape index (κ2) is 10.3. The first kappa shape index (κ1) is 27.6. The Balaban J connectivity index is 2.13. The average Bonchev–Trinajstić information content (AvgIpc) is 2.72. The van der Waals surface area contributed by atoms with Crippen LogP contribution in [0.3, 0.4) is 0 Å². The molecule has 0 bridgehead atoms. The summed E-state index contributed by atoms with van der Waals surface area (Å²) in [4.78, 5) is 0.203. The van der Waals surface area contributed by atoms with E-state index in [-0.39, 0.29) is 22.0 Å². The van der Waals surface area contributed by atoms with Crippen molar-refractivity contribution in [2.75, 3.05) is 6.61 Å². The summed E-state index contributed by atoms with van der Waals surface area (Å²) < 4.78 is 37.5. The van der Waals surface area contributed by atoms with Crippen LogP contribution in [0.2, 0.25) is 18.1 Å². The van der Waals surface area contributed by atoms with Gasteiger partial charge in [-0.25, -0.2) is 0 Å². The minimum Gasteiger partial charge on any atom is -0.543 e. The van der Waals surface area contributed by atoms with Crippen molar-refractivity contribution in [3.05, 3.63) is 59.7 Å². The average molecular weight is 491 g/mol. The van der Waals surface area contributed by atoms with Crippen LogP contribution in [0.5, 0.6) is 5.75 Å². The third-order valence-electron chi connectivity index (χ3n) is 7.10. The van der Waals surface area contributed by atoms with E-state index in [0.29, 0.717) is 12.3 Å². The molecular formula is C27H42O4SSi. The summed E-state index contributed by atoms with van der Waals surface area (Å²) in [6.07, 6.45) is 1.56. The van der Waals surface area contributed by atoms with Gasteiger partial charge in [0.1, 0.15) is 5.75 Å². The SMILES string of the molecule is CCC(C)c1ccc(S(=O)(=O)OCCC(C)(C)c2ccccc2O[Si](C)(C)C(C)(C)C)cc1. The summed E-state index contributed by atoms with van der Waals surface area (Å²) in [6, 6.07) is 15.1. The van der Waals surface area contributed by atoms with Gasteiger partial charge in [0.2, 0.25) is 8.32 Å². The third-order valence-corrected chi connectivity index (χ3v) is 12.8. The number of benzene rings is 2. The monoisotopic (exact) mass is 490 g/mol. The Morgan fingerprint density at radius 1 is 0.939 bits per heavy atom. The molecule has 1 atom stereocenters. The molecule has 0 heterocycles. The summed E-state index contributed by atoms with van der Waals surface area (Å²) in [7, 11) is -5.80. The summed E-state index contributed by atoms with van der Waals surface area (Å²) in [5, 5.41) is 0.0892. The van der Waals surface area contributed by atoms with Crippen LogP contribution in [0.15, 0.2) is 53.4 Å². The Labute approximate surface area is 203 Å². The normalized spacial score (nSPS) is 14.2. The lowest BCUT2D eigenvalue weighted by molar-refractivity contribution is 0.275. The van der Waals surface area contributed by atoms with Gasteiger partial charge >= 0.3 is 0 Å². The van der Waals surface area contributed by atoms with Crippen molar-refractivity contribution in [3.8, 4) is 5.75 Å². The van der Waals surface area contributed by atoms with E-state index < -0.39 is 18.4 Å². The van der Waals surface area contributed by atoms with Crippen molar-refractivity contribution >= 4 is 18.4 Å². The lowest BCUT2D eigenvalue weighted by Gasteiger charge is -2.38. The summed E-state index contributed by atoms with van der Waals surface area (Å²) in [5.41, 5.74) is 1.90. The summed E-state index contributed by atoms with van der Waals surface area (Å²) >= 11 is 0. The van der Waals surface area contributed by atoms with Crippen LogP contribution in [0.4, 0.5) is 0 Å². The Kier molecular flexibility index (Phi) is 8.64. The van der Waals surface area contributed by atoms with Crippen molar-refractivity contribution < 1.29 is 17.0 Å². The summed E-state index contributed by atoms with van der Waals surface area (Å²) in [6.45, 7) is 19.7. The molecule has 0 saturated heterocycles. The van der Waals surface area contributed by atoms with E-state index >= 15 is 0 Å². The van der Waals surface area contributed by atoms with E-state index in [1.54, 1.807) is 12.1 Å². The van der Waals surface area contributed by atoms with Crippen LogP contribution >= 0.6 is 0 Å². The molecule has 0 aliphatic rings. The highest BCUT2D eigenvalue weighted by molar-refractivity contribution is 7.86. The Bertz CT molecular complexity index is 1020. The van der Waals surface area contributed by atoms with E-state index in [1.165, 1.54) is 0 Å². The zero-order chi connectivity index (χ0) is 25.1. The van der Waals surface area contributed by atoms with Crippen LogP contribution in [0.25, 0.3) is 0 Å². The molecule has 4 nitrogen and oxygen atoms in total. The molecule has 0 fully saturated rings. The lowest BCUT2D eigenvalue weighted by atomic mass is 9.81. The molecule has 1 unspecified atom stereocenters. The molecule has 2 rings (SSSR count). The van der Waals surface area contributed by atoms with E-state index in [1.807, 2.05) is 30.3 Å². The molecule has 0 aliphatic heterocycles. The number of rotatable bonds is 10. The fraction of sp³-hybridized carbons (Fsp3) is 0.556. The lowest BCUT2D eigenvalue weighted by Crippen LogP contribution is -2.44. The van der Waals surface area contributed by atoms with Gasteiger partial charge in [0, 0.05) is 0 Å². The van der Waals surface area contributed by atoms with Crippen LogP contribution < -0.4 is 4.43 Å². The molecule has 33 heavy (non-hydrogen) atoms. The van der Waals surface area contributed by atoms with Gasteiger partial charge in [0.05, 0.1) is 11.5 Å². The zero-order valence-electron chi connectivity index (χ0n) is 21.9. The van der Waals surface area contributed by atoms with Crippen LogP contribution in [0, 0.1) is 0 Å². The molecule has 0 N–H and O–H groups in total. The van der Waals surface area contributed by atoms with Crippen LogP contribution in [-0.4, -0.2) is 23.3 Å². The fourth-order valence-electron chi connectivity index (χ4n) is 3.35. The van der Waals surface area contributed by atoms with Crippen molar-refractivity contribution in [3.63, 3.8) is 0 Å². The molecule has 2 aromatic rings. The van der Waals surface area contributed by atoms with E-state index in [4.69, 9.17) is 8.61 Å². The standard InChI is InChI=1S/C27H42O4SSi/c1-10-21(2)22-15-17-23(18-16-22)32(28,29)30-20-19-27(6,7)24-13-11-12-14-25(24)31-33(8,9)26(3,4)5/h11-18,21H,10,19-20H2,1-9H3. The van der Waals surface area contributed by atoms with Crippen molar-refractivity contribution in [2.24, 2.45) is 0 Å². The predicted molar refractivity (Wildman–Crippen MR) is 140 cm³/mol. The van der Waals surface area contributed by atoms with Crippen molar-refractivity contribution in [1.82, 2.24) is 0 Å². The third kappa shape index (κ3) is 6.93. The van der Waals surface area contributed by atoms with Crippen molar-refractivity contribution in [1.29, 1.82) is 0 Å². The van der Waals surface area contributed by atoms with Gasteiger partial charge < -0.3 is 4.43 Å². The molecular weight excluding hydrogens is 448 g/mol. The molecule has 0 spiro atoms. The Hall–Kier alpha value is -1.63. The van der Waals surface area contributed by atoms with Gasteiger partial charge in [-0.3, -0.25) is 4.18 Å². The van der Waals surface area contributed by atoms with Crippen LogP contribution in [-0.2, 0) is 19.7 Å². The first-order valence-electron chi connectivity index (χ1n) is 11.9. The highest BCUT2D eigenvalue weighted by Crippen LogP contribution is 2.41. The minimum absolute atomic E-state index is 0.0892.